The molecule has 0 saturated heterocycles. The molecular formula is C21H25NO3. The largest absolute Gasteiger partial charge is 0.497 e. The average Bonchev–Trinajstić information content (AvgIpc) is 2.64. The highest BCUT2D eigenvalue weighted by Crippen LogP contribution is 2.49. The number of fused-ring (bicyclic) bond motifs is 1. The van der Waals surface area contributed by atoms with Crippen LogP contribution in [0.1, 0.15) is 48.9 Å². The second kappa shape index (κ2) is 6.70. The molecule has 4 nitrogen and oxygen atoms in total. The van der Waals surface area contributed by atoms with E-state index in [9.17, 15) is 5.11 Å². The summed E-state index contributed by atoms with van der Waals surface area (Å²) in [6.45, 7) is 0.0414. The maximum atomic E-state index is 9.99. The number of para-hydroxylation sites is 1. The Balaban J connectivity index is 1.61. The van der Waals surface area contributed by atoms with E-state index in [4.69, 9.17) is 9.47 Å². The lowest BCUT2D eigenvalue weighted by Gasteiger charge is -2.48. The molecule has 4 heteroatoms. The van der Waals surface area contributed by atoms with Gasteiger partial charge >= 0.3 is 0 Å². The fourth-order valence-corrected chi connectivity index (χ4v) is 4.00. The third-order valence-electron chi connectivity index (χ3n) is 5.54. The molecule has 2 N–H and O–H groups in total. The van der Waals surface area contributed by atoms with Crippen molar-refractivity contribution >= 4 is 0 Å². The zero-order valence-electron chi connectivity index (χ0n) is 14.6. The first kappa shape index (κ1) is 16.4. The zero-order valence-corrected chi connectivity index (χ0v) is 14.6. The summed E-state index contributed by atoms with van der Waals surface area (Å²) in [5, 5.41) is 13.7. The highest BCUT2D eigenvalue weighted by molar-refractivity contribution is 5.40. The van der Waals surface area contributed by atoms with Gasteiger partial charge in [-0.2, -0.15) is 0 Å². The monoisotopic (exact) mass is 339 g/mol. The minimum Gasteiger partial charge on any atom is -0.497 e. The third kappa shape index (κ3) is 3.12. The summed E-state index contributed by atoms with van der Waals surface area (Å²) in [6.07, 6.45) is 4.41. The molecule has 25 heavy (non-hydrogen) atoms. The van der Waals surface area contributed by atoms with E-state index in [1.54, 1.807) is 7.11 Å². The molecule has 2 atom stereocenters. The summed E-state index contributed by atoms with van der Waals surface area (Å²) < 4.78 is 11.6. The van der Waals surface area contributed by atoms with Crippen molar-refractivity contribution in [1.82, 2.24) is 5.32 Å². The van der Waals surface area contributed by atoms with Crippen molar-refractivity contribution in [2.24, 2.45) is 0 Å². The Hall–Kier alpha value is -2.04. The molecule has 1 fully saturated rings. The van der Waals surface area contributed by atoms with Gasteiger partial charge in [0, 0.05) is 18.0 Å². The van der Waals surface area contributed by atoms with Crippen molar-refractivity contribution in [2.75, 3.05) is 13.7 Å². The van der Waals surface area contributed by atoms with E-state index in [1.165, 1.54) is 12.0 Å². The van der Waals surface area contributed by atoms with E-state index in [1.807, 2.05) is 30.3 Å². The smallest absolute Gasteiger partial charge is 0.124 e. The van der Waals surface area contributed by atoms with Crippen LogP contribution < -0.4 is 14.8 Å². The number of benzene rings is 2. The van der Waals surface area contributed by atoms with Crippen LogP contribution in [0.4, 0.5) is 0 Å². The summed E-state index contributed by atoms with van der Waals surface area (Å²) in [6, 6.07) is 16.2. The van der Waals surface area contributed by atoms with Gasteiger partial charge in [-0.05, 0) is 43.0 Å². The molecule has 2 aromatic rings. The quantitative estimate of drug-likeness (QED) is 0.871. The lowest BCUT2D eigenvalue weighted by molar-refractivity contribution is -0.0387. The van der Waals surface area contributed by atoms with Gasteiger partial charge in [-0.15, -0.1) is 0 Å². The van der Waals surface area contributed by atoms with Gasteiger partial charge in [0.15, 0.2) is 0 Å². The van der Waals surface area contributed by atoms with Crippen molar-refractivity contribution in [2.45, 2.75) is 43.4 Å². The number of ether oxygens (including phenoxy) is 2. The SMILES string of the molecule is COc1cccc(C(CO)NC2CC3(CCC3)Oc3ccccc32)c1. The number of aliphatic hydroxyl groups excluding tert-OH is 1. The van der Waals surface area contributed by atoms with E-state index >= 15 is 0 Å². The van der Waals surface area contributed by atoms with E-state index in [2.05, 4.69) is 23.5 Å². The van der Waals surface area contributed by atoms with Crippen molar-refractivity contribution < 1.29 is 14.6 Å². The van der Waals surface area contributed by atoms with Crippen LogP contribution in [-0.4, -0.2) is 24.4 Å². The highest BCUT2D eigenvalue weighted by atomic mass is 16.5. The Morgan fingerprint density at radius 1 is 1.24 bits per heavy atom. The topological polar surface area (TPSA) is 50.7 Å². The molecule has 0 aromatic heterocycles. The first-order valence-corrected chi connectivity index (χ1v) is 9.02. The molecule has 2 aliphatic rings. The van der Waals surface area contributed by atoms with Crippen LogP contribution >= 0.6 is 0 Å². The van der Waals surface area contributed by atoms with Crippen LogP contribution in [0.5, 0.6) is 11.5 Å². The number of nitrogens with one attached hydrogen (secondary N) is 1. The van der Waals surface area contributed by atoms with Crippen LogP contribution in [0.25, 0.3) is 0 Å². The molecular weight excluding hydrogens is 314 g/mol. The number of rotatable bonds is 5. The first-order chi connectivity index (χ1) is 12.2. The average molecular weight is 339 g/mol. The summed E-state index contributed by atoms with van der Waals surface area (Å²) in [5.74, 6) is 1.79. The van der Waals surface area contributed by atoms with Gasteiger partial charge < -0.3 is 19.9 Å². The molecule has 0 bridgehead atoms. The van der Waals surface area contributed by atoms with Gasteiger partial charge in [0.25, 0.3) is 0 Å². The van der Waals surface area contributed by atoms with E-state index in [0.717, 1.165) is 36.3 Å². The summed E-state index contributed by atoms with van der Waals surface area (Å²) in [4.78, 5) is 0. The number of hydrogen-bond acceptors (Lipinski definition) is 4. The molecule has 4 rings (SSSR count). The standard InChI is InChI=1S/C21H25NO3/c1-24-16-7-4-6-15(12-16)19(14-23)22-18-13-21(10-5-11-21)25-20-9-3-2-8-17(18)20/h2-4,6-9,12,18-19,22-23H,5,10-11,13-14H2,1H3. The minimum atomic E-state index is -0.136. The third-order valence-corrected chi connectivity index (χ3v) is 5.54. The predicted molar refractivity (Wildman–Crippen MR) is 97.0 cm³/mol. The highest BCUT2D eigenvalue weighted by Gasteiger charge is 2.45. The van der Waals surface area contributed by atoms with Gasteiger partial charge in [-0.3, -0.25) is 0 Å². The van der Waals surface area contributed by atoms with Gasteiger partial charge in [0.2, 0.25) is 0 Å². The number of methoxy groups -OCH3 is 1. The molecule has 2 unspecified atom stereocenters. The van der Waals surface area contributed by atoms with Crippen LogP contribution in [0.2, 0.25) is 0 Å². The molecule has 1 aliphatic carbocycles. The Labute approximate surface area is 148 Å². The van der Waals surface area contributed by atoms with Gasteiger partial charge in [-0.25, -0.2) is 0 Å². The summed E-state index contributed by atoms with van der Waals surface area (Å²) in [5.41, 5.74) is 2.19. The fraction of sp³-hybridized carbons (Fsp3) is 0.429. The lowest BCUT2D eigenvalue weighted by Crippen LogP contribution is -2.49. The van der Waals surface area contributed by atoms with Crippen LogP contribution in [0.15, 0.2) is 48.5 Å². The van der Waals surface area contributed by atoms with Crippen molar-refractivity contribution in [3.63, 3.8) is 0 Å². The summed E-state index contributed by atoms with van der Waals surface area (Å²) in [7, 11) is 1.66. The van der Waals surface area contributed by atoms with Crippen LogP contribution in [0, 0.1) is 0 Å². The van der Waals surface area contributed by atoms with E-state index in [-0.39, 0.29) is 24.3 Å². The van der Waals surface area contributed by atoms with Gasteiger partial charge in [-0.1, -0.05) is 30.3 Å². The summed E-state index contributed by atoms with van der Waals surface area (Å²) >= 11 is 0. The normalized spacial score (nSPS) is 21.8. The minimum absolute atomic E-state index is 0.0274. The second-order valence-corrected chi connectivity index (χ2v) is 7.11. The molecule has 0 amide bonds. The Kier molecular flexibility index (Phi) is 4.40. The molecule has 0 radical (unpaired) electrons. The molecule has 132 valence electrons. The zero-order chi connectivity index (χ0) is 17.3. The maximum Gasteiger partial charge on any atom is 0.124 e. The van der Waals surface area contributed by atoms with Crippen molar-refractivity contribution in [3.8, 4) is 11.5 Å². The van der Waals surface area contributed by atoms with Crippen LogP contribution in [0.3, 0.4) is 0 Å². The van der Waals surface area contributed by atoms with Crippen molar-refractivity contribution in [1.29, 1.82) is 0 Å². The Morgan fingerprint density at radius 2 is 2.08 bits per heavy atom. The predicted octanol–water partition coefficient (Wildman–Crippen LogP) is 3.76. The Morgan fingerprint density at radius 3 is 2.80 bits per heavy atom. The molecule has 1 aliphatic heterocycles. The lowest BCUT2D eigenvalue weighted by atomic mass is 9.73. The second-order valence-electron chi connectivity index (χ2n) is 7.11. The van der Waals surface area contributed by atoms with Gasteiger partial charge in [0.05, 0.1) is 19.8 Å². The molecule has 1 spiro atoms. The van der Waals surface area contributed by atoms with E-state index in [0.29, 0.717) is 0 Å². The number of aliphatic hydroxyl groups is 1. The number of hydrogen-bond donors (Lipinski definition) is 2. The molecule has 1 saturated carbocycles. The fourth-order valence-electron chi connectivity index (χ4n) is 4.00. The van der Waals surface area contributed by atoms with Gasteiger partial charge in [0.1, 0.15) is 17.1 Å². The molecule has 1 heterocycles. The molecule has 2 aromatic carbocycles. The van der Waals surface area contributed by atoms with Crippen LogP contribution in [-0.2, 0) is 0 Å². The van der Waals surface area contributed by atoms with E-state index < -0.39 is 0 Å². The Bertz CT molecular complexity index is 741. The first-order valence-electron chi connectivity index (χ1n) is 9.02. The maximum absolute atomic E-state index is 9.99. The van der Waals surface area contributed by atoms with Crippen molar-refractivity contribution in [3.05, 3.63) is 59.7 Å².